The molecule has 1 amide bonds. The number of hydrogen-bond donors (Lipinski definition) is 0. The molecule has 1 aromatic carbocycles. The van der Waals surface area contributed by atoms with Crippen LogP contribution >= 0.6 is 0 Å². The summed E-state index contributed by atoms with van der Waals surface area (Å²) in [6, 6.07) is 11.0. The Balaban J connectivity index is 3.08. The van der Waals surface area contributed by atoms with Gasteiger partial charge in [0.1, 0.15) is 6.07 Å². The molecule has 0 unspecified atom stereocenters. The summed E-state index contributed by atoms with van der Waals surface area (Å²) in [6.45, 7) is 9.15. The third-order valence-electron chi connectivity index (χ3n) is 3.98. The predicted molar refractivity (Wildman–Crippen MR) is 98.3 cm³/mol. The van der Waals surface area contributed by atoms with Crippen molar-refractivity contribution in [2.75, 3.05) is 6.61 Å². The molecule has 0 aliphatic heterocycles. The summed E-state index contributed by atoms with van der Waals surface area (Å²) in [5.74, 6) is -0.834. The van der Waals surface area contributed by atoms with E-state index in [0.29, 0.717) is 6.42 Å². The molecule has 0 aliphatic rings. The molecule has 0 aliphatic carbocycles. The van der Waals surface area contributed by atoms with E-state index >= 15 is 0 Å². The second-order valence-corrected chi connectivity index (χ2v) is 6.61. The molecule has 0 aromatic heterocycles. The van der Waals surface area contributed by atoms with E-state index in [1.165, 1.54) is 4.90 Å². The van der Waals surface area contributed by atoms with Crippen LogP contribution in [0.2, 0.25) is 0 Å². The highest BCUT2D eigenvalue weighted by atomic mass is 16.6. The number of carbonyl (C=O) groups is 2. The molecule has 0 heterocycles. The number of amides is 1. The van der Waals surface area contributed by atoms with Crippen molar-refractivity contribution in [1.82, 2.24) is 4.90 Å². The van der Waals surface area contributed by atoms with E-state index in [-0.39, 0.29) is 25.1 Å². The normalized spacial score (nSPS) is 13.0. The molecule has 0 bridgehead atoms. The number of ether oxygens (including phenoxy) is 2. The van der Waals surface area contributed by atoms with Crippen molar-refractivity contribution in [3.05, 3.63) is 35.9 Å². The summed E-state index contributed by atoms with van der Waals surface area (Å²) in [5, 5.41) is 9.71. The Bertz CT molecular complexity index is 629. The van der Waals surface area contributed by atoms with Crippen molar-refractivity contribution in [3.63, 3.8) is 0 Å². The Hall–Kier alpha value is -2.55. The maximum atomic E-state index is 12.7. The highest BCUT2D eigenvalue weighted by molar-refractivity contribution is 5.86. The van der Waals surface area contributed by atoms with Gasteiger partial charge < -0.3 is 14.4 Å². The number of carbonyl (C=O) groups excluding carboxylic acids is 2. The monoisotopic (exact) mass is 360 g/mol. The van der Waals surface area contributed by atoms with E-state index in [0.717, 1.165) is 5.56 Å². The van der Waals surface area contributed by atoms with Gasteiger partial charge in [0.2, 0.25) is 0 Å². The lowest BCUT2D eigenvalue weighted by Crippen LogP contribution is -2.50. The van der Waals surface area contributed by atoms with Crippen LogP contribution in [-0.2, 0) is 20.7 Å². The Kier molecular flexibility index (Phi) is 8.11. The first kappa shape index (κ1) is 21.5. The minimum absolute atomic E-state index is 0.0299. The molecule has 142 valence electrons. The maximum absolute atomic E-state index is 12.7. The topological polar surface area (TPSA) is 79.6 Å². The minimum Gasteiger partial charge on any atom is -0.462 e. The average Bonchev–Trinajstić information content (AvgIpc) is 2.59. The summed E-state index contributed by atoms with van der Waals surface area (Å²) < 4.78 is 10.5. The van der Waals surface area contributed by atoms with E-state index in [4.69, 9.17) is 9.47 Å². The number of aryl methyl sites for hydroxylation is 1. The zero-order chi connectivity index (χ0) is 19.7. The van der Waals surface area contributed by atoms with Gasteiger partial charge in [-0.2, -0.15) is 5.26 Å². The smallest absolute Gasteiger partial charge is 0.412 e. The Morgan fingerprint density at radius 3 is 2.19 bits per heavy atom. The summed E-state index contributed by atoms with van der Waals surface area (Å²) in [5.41, 5.74) is -1.03. The van der Waals surface area contributed by atoms with Gasteiger partial charge in [-0.1, -0.05) is 30.3 Å². The molecule has 0 saturated heterocycles. The standard InChI is InChI=1S/C20H28N2O4/c1-6-25-18(23)20(14-21,13-12-17-10-8-7-9-11-17)26-19(24)22(15(2)3)16(4)5/h7-11,15-16H,6,12-13H2,1-5H3/t20-/m1/s1. The van der Waals surface area contributed by atoms with Gasteiger partial charge in [0.25, 0.3) is 5.60 Å². The van der Waals surface area contributed by atoms with Crippen molar-refractivity contribution in [2.24, 2.45) is 0 Å². The van der Waals surface area contributed by atoms with Gasteiger partial charge in [0.05, 0.1) is 6.61 Å². The summed E-state index contributed by atoms with van der Waals surface area (Å²) in [4.78, 5) is 26.6. The number of rotatable bonds is 8. The Morgan fingerprint density at radius 1 is 1.15 bits per heavy atom. The molecule has 6 nitrogen and oxygen atoms in total. The highest BCUT2D eigenvalue weighted by Gasteiger charge is 2.46. The zero-order valence-electron chi connectivity index (χ0n) is 16.2. The molecular weight excluding hydrogens is 332 g/mol. The molecule has 1 rings (SSSR count). The van der Waals surface area contributed by atoms with Crippen LogP contribution in [0.25, 0.3) is 0 Å². The van der Waals surface area contributed by atoms with Crippen LogP contribution in [0, 0.1) is 11.3 Å². The third kappa shape index (κ3) is 5.48. The van der Waals surface area contributed by atoms with Crippen LogP contribution in [0.15, 0.2) is 30.3 Å². The van der Waals surface area contributed by atoms with Gasteiger partial charge in [-0.05, 0) is 46.6 Å². The number of nitriles is 1. The summed E-state index contributed by atoms with van der Waals surface area (Å²) in [7, 11) is 0. The summed E-state index contributed by atoms with van der Waals surface area (Å²) in [6.07, 6.45) is -0.260. The van der Waals surface area contributed by atoms with Gasteiger partial charge in [0, 0.05) is 18.5 Å². The van der Waals surface area contributed by atoms with E-state index in [9.17, 15) is 14.9 Å². The number of benzene rings is 1. The van der Waals surface area contributed by atoms with Gasteiger partial charge in [-0.3, -0.25) is 0 Å². The molecule has 0 saturated carbocycles. The minimum atomic E-state index is -1.97. The van der Waals surface area contributed by atoms with Crippen LogP contribution in [0.3, 0.4) is 0 Å². The van der Waals surface area contributed by atoms with Crippen molar-refractivity contribution < 1.29 is 19.1 Å². The molecule has 1 aromatic rings. The number of hydrogen-bond acceptors (Lipinski definition) is 5. The molecule has 26 heavy (non-hydrogen) atoms. The zero-order valence-corrected chi connectivity index (χ0v) is 16.2. The second-order valence-electron chi connectivity index (χ2n) is 6.61. The first-order chi connectivity index (χ1) is 12.3. The van der Waals surface area contributed by atoms with Crippen LogP contribution in [0.1, 0.15) is 46.6 Å². The van der Waals surface area contributed by atoms with Gasteiger partial charge in [-0.15, -0.1) is 0 Å². The van der Waals surface area contributed by atoms with Crippen LogP contribution in [-0.4, -0.2) is 41.3 Å². The SMILES string of the molecule is CCOC(=O)[C@](C#N)(CCc1ccccc1)OC(=O)N(C(C)C)C(C)C. The van der Waals surface area contributed by atoms with Crippen molar-refractivity contribution in [1.29, 1.82) is 5.26 Å². The van der Waals surface area contributed by atoms with E-state index in [1.54, 1.807) is 6.92 Å². The van der Waals surface area contributed by atoms with Crippen LogP contribution in [0.5, 0.6) is 0 Å². The fourth-order valence-corrected chi connectivity index (χ4v) is 2.75. The maximum Gasteiger partial charge on any atom is 0.412 e. The van der Waals surface area contributed by atoms with Crippen molar-refractivity contribution in [2.45, 2.75) is 65.1 Å². The molecule has 6 heteroatoms. The second kappa shape index (κ2) is 9.81. The fourth-order valence-electron chi connectivity index (χ4n) is 2.75. The van der Waals surface area contributed by atoms with Crippen molar-refractivity contribution >= 4 is 12.1 Å². The lowest BCUT2D eigenvalue weighted by atomic mass is 9.96. The third-order valence-corrected chi connectivity index (χ3v) is 3.98. The van der Waals surface area contributed by atoms with Gasteiger partial charge in [0.15, 0.2) is 0 Å². The van der Waals surface area contributed by atoms with Gasteiger partial charge in [-0.25, -0.2) is 9.59 Å². The highest BCUT2D eigenvalue weighted by Crippen LogP contribution is 2.23. The first-order valence-electron chi connectivity index (χ1n) is 8.91. The first-order valence-corrected chi connectivity index (χ1v) is 8.91. The molecule has 0 fully saturated rings. The van der Waals surface area contributed by atoms with Crippen LogP contribution in [0.4, 0.5) is 4.79 Å². The Morgan fingerprint density at radius 2 is 1.73 bits per heavy atom. The van der Waals surface area contributed by atoms with E-state index in [2.05, 4.69) is 0 Å². The molecule has 0 N–H and O–H groups in total. The van der Waals surface area contributed by atoms with E-state index in [1.807, 2.05) is 64.1 Å². The van der Waals surface area contributed by atoms with Crippen molar-refractivity contribution in [3.8, 4) is 6.07 Å². The predicted octanol–water partition coefficient (Wildman–Crippen LogP) is 3.70. The van der Waals surface area contributed by atoms with Crippen LogP contribution < -0.4 is 0 Å². The molecular formula is C20H28N2O4. The Labute approximate surface area is 155 Å². The molecule has 0 spiro atoms. The molecule has 1 atom stereocenters. The van der Waals surface area contributed by atoms with Gasteiger partial charge >= 0.3 is 12.1 Å². The average molecular weight is 360 g/mol. The number of esters is 1. The molecule has 0 radical (unpaired) electrons. The lowest BCUT2D eigenvalue weighted by Gasteiger charge is -2.33. The quantitative estimate of drug-likeness (QED) is 0.660. The number of nitrogens with zero attached hydrogens (tertiary/aromatic N) is 2. The lowest BCUT2D eigenvalue weighted by molar-refractivity contribution is -0.161. The summed E-state index contributed by atoms with van der Waals surface area (Å²) >= 11 is 0. The largest absolute Gasteiger partial charge is 0.462 e. The van der Waals surface area contributed by atoms with E-state index < -0.39 is 17.7 Å². The fraction of sp³-hybridized carbons (Fsp3) is 0.550.